The molecule has 5 nitrogen and oxygen atoms in total. The number of carbonyl (C=O) groups excluding carboxylic acids is 2. The van der Waals surface area contributed by atoms with Crippen molar-refractivity contribution in [2.45, 2.75) is 6.92 Å². The molecule has 1 fully saturated rings. The van der Waals surface area contributed by atoms with Crippen LogP contribution in [-0.4, -0.2) is 54.3 Å². The fraction of sp³-hybridized carbons (Fsp3) is 0.273. The third kappa shape index (κ3) is 3.54. The topological polar surface area (TPSA) is 43.9 Å². The van der Waals surface area contributed by atoms with Gasteiger partial charge in [0.2, 0.25) is 0 Å². The van der Waals surface area contributed by atoms with Gasteiger partial charge in [-0.25, -0.2) is 9.29 Å². The van der Waals surface area contributed by atoms with E-state index >= 15 is 0 Å². The van der Waals surface area contributed by atoms with Crippen LogP contribution in [0.1, 0.15) is 12.5 Å². The lowest BCUT2D eigenvalue weighted by Crippen LogP contribution is -2.47. The van der Waals surface area contributed by atoms with Crippen molar-refractivity contribution in [1.82, 2.24) is 9.80 Å². The van der Waals surface area contributed by atoms with E-state index < -0.39 is 17.6 Å². The maximum atomic E-state index is 13.5. The minimum absolute atomic E-state index is 0.292. The number of rotatable bonds is 4. The second kappa shape index (κ2) is 7.97. The van der Waals surface area contributed by atoms with Gasteiger partial charge in [-0.05, 0) is 36.4 Å². The molecule has 0 atom stereocenters. The summed E-state index contributed by atoms with van der Waals surface area (Å²) in [5, 5.41) is 0.324. The van der Waals surface area contributed by atoms with Crippen molar-refractivity contribution in [1.29, 1.82) is 0 Å². The summed E-state index contributed by atoms with van der Waals surface area (Å²) in [7, 11) is 0. The number of nitrogens with zero attached hydrogens (tertiary/aromatic N) is 3. The number of imide groups is 1. The smallest absolute Gasteiger partial charge is 0.282 e. The SMILES string of the molecule is CCN1CCN(C2=C(c3ccc(F)cc3)C(=O)N(c3ccccc3Cl)C2=O)CC1. The lowest BCUT2D eigenvalue weighted by atomic mass is 10.0. The number of benzene rings is 2. The van der Waals surface area contributed by atoms with Crippen LogP contribution >= 0.6 is 11.6 Å². The summed E-state index contributed by atoms with van der Waals surface area (Å²) in [5.74, 6) is -1.23. The highest BCUT2D eigenvalue weighted by Crippen LogP contribution is 2.37. The molecular weight excluding hydrogens is 393 g/mol. The standard InChI is InChI=1S/C22H21ClFN3O2/c1-2-25-11-13-26(14-12-25)20-19(15-7-9-16(24)10-8-15)21(28)27(22(20)29)18-6-4-3-5-17(18)23/h3-10H,2,11-14H2,1H3. The number of likely N-dealkylation sites (N-methyl/N-ethyl adjacent to an activating group) is 1. The van der Waals surface area contributed by atoms with E-state index in [2.05, 4.69) is 11.8 Å². The van der Waals surface area contributed by atoms with Gasteiger partial charge in [0.25, 0.3) is 11.8 Å². The van der Waals surface area contributed by atoms with Crippen LogP contribution in [0.25, 0.3) is 5.57 Å². The van der Waals surface area contributed by atoms with Crippen molar-refractivity contribution in [3.8, 4) is 0 Å². The Hall–Kier alpha value is -2.70. The number of hydrogen-bond donors (Lipinski definition) is 0. The first-order chi connectivity index (χ1) is 14.0. The number of piperazine rings is 1. The lowest BCUT2D eigenvalue weighted by Gasteiger charge is -2.36. The number of hydrogen-bond acceptors (Lipinski definition) is 4. The number of halogens is 2. The first kappa shape index (κ1) is 19.6. The molecule has 0 radical (unpaired) electrons. The summed E-state index contributed by atoms with van der Waals surface area (Å²) in [4.78, 5) is 32.2. The summed E-state index contributed by atoms with van der Waals surface area (Å²) in [6, 6.07) is 12.4. The van der Waals surface area contributed by atoms with Gasteiger partial charge in [0.05, 0.1) is 16.3 Å². The molecule has 0 N–H and O–H groups in total. The molecule has 1 saturated heterocycles. The quantitative estimate of drug-likeness (QED) is 0.720. The van der Waals surface area contributed by atoms with E-state index in [9.17, 15) is 14.0 Å². The van der Waals surface area contributed by atoms with Gasteiger partial charge in [0, 0.05) is 26.2 Å². The Morgan fingerprint density at radius 3 is 2.21 bits per heavy atom. The van der Waals surface area contributed by atoms with Crippen molar-refractivity contribution in [3.05, 3.63) is 70.6 Å². The largest absolute Gasteiger partial charge is 0.364 e. The highest BCUT2D eigenvalue weighted by atomic mass is 35.5. The van der Waals surface area contributed by atoms with Crippen molar-refractivity contribution >= 4 is 34.7 Å². The molecule has 150 valence electrons. The predicted octanol–water partition coefficient (Wildman–Crippen LogP) is 3.40. The van der Waals surface area contributed by atoms with Gasteiger partial charge in [-0.15, -0.1) is 0 Å². The second-order valence-corrected chi connectivity index (χ2v) is 7.46. The maximum absolute atomic E-state index is 13.5. The molecule has 2 aromatic rings. The van der Waals surface area contributed by atoms with Crippen molar-refractivity contribution in [2.75, 3.05) is 37.6 Å². The predicted molar refractivity (Wildman–Crippen MR) is 111 cm³/mol. The van der Waals surface area contributed by atoms with Crippen LogP contribution in [-0.2, 0) is 9.59 Å². The molecule has 0 bridgehead atoms. The highest BCUT2D eigenvalue weighted by molar-refractivity contribution is 6.47. The minimum atomic E-state index is -0.442. The third-order valence-electron chi connectivity index (χ3n) is 5.42. The minimum Gasteiger partial charge on any atom is -0.364 e. The van der Waals surface area contributed by atoms with Crippen LogP contribution in [0.3, 0.4) is 0 Å². The Kier molecular flexibility index (Phi) is 5.39. The molecular formula is C22H21ClFN3O2. The molecule has 0 saturated carbocycles. The fourth-order valence-electron chi connectivity index (χ4n) is 3.83. The zero-order valence-electron chi connectivity index (χ0n) is 16.1. The average molecular weight is 414 g/mol. The van der Waals surface area contributed by atoms with E-state index in [0.717, 1.165) is 24.5 Å². The summed E-state index contributed by atoms with van der Waals surface area (Å²) < 4.78 is 13.5. The van der Waals surface area contributed by atoms with Gasteiger partial charge in [-0.1, -0.05) is 42.8 Å². The fourth-order valence-corrected chi connectivity index (χ4v) is 4.05. The molecule has 0 spiro atoms. The van der Waals surface area contributed by atoms with Crippen LogP contribution in [0.15, 0.2) is 54.2 Å². The van der Waals surface area contributed by atoms with Crippen LogP contribution in [0.2, 0.25) is 5.02 Å². The van der Waals surface area contributed by atoms with E-state index in [1.165, 1.54) is 24.3 Å². The van der Waals surface area contributed by atoms with E-state index in [0.29, 0.717) is 40.6 Å². The van der Waals surface area contributed by atoms with Crippen molar-refractivity contribution < 1.29 is 14.0 Å². The maximum Gasteiger partial charge on any atom is 0.282 e. The zero-order chi connectivity index (χ0) is 20.5. The number of para-hydroxylation sites is 1. The third-order valence-corrected chi connectivity index (χ3v) is 5.74. The molecule has 0 aromatic heterocycles. The number of anilines is 1. The molecule has 2 amide bonds. The summed E-state index contributed by atoms with van der Waals surface area (Å²) >= 11 is 6.29. The van der Waals surface area contributed by atoms with Gasteiger partial charge < -0.3 is 9.80 Å². The van der Waals surface area contributed by atoms with Gasteiger partial charge >= 0.3 is 0 Å². The highest BCUT2D eigenvalue weighted by Gasteiger charge is 2.43. The van der Waals surface area contributed by atoms with Crippen LogP contribution in [0.4, 0.5) is 10.1 Å². The summed E-state index contributed by atoms with van der Waals surface area (Å²) in [6.07, 6.45) is 0. The van der Waals surface area contributed by atoms with E-state index in [1.807, 2.05) is 4.90 Å². The molecule has 4 rings (SSSR count). The Labute approximate surface area is 174 Å². The van der Waals surface area contributed by atoms with Crippen molar-refractivity contribution in [2.24, 2.45) is 0 Å². The molecule has 2 heterocycles. The second-order valence-electron chi connectivity index (χ2n) is 7.05. The van der Waals surface area contributed by atoms with Crippen molar-refractivity contribution in [3.63, 3.8) is 0 Å². The van der Waals surface area contributed by atoms with Gasteiger partial charge in [0.1, 0.15) is 11.5 Å². The van der Waals surface area contributed by atoms with Gasteiger partial charge in [0.15, 0.2) is 0 Å². The zero-order valence-corrected chi connectivity index (χ0v) is 16.8. The number of carbonyl (C=O) groups is 2. The molecule has 7 heteroatoms. The average Bonchev–Trinajstić information content (AvgIpc) is 2.99. The van der Waals surface area contributed by atoms with E-state index in [-0.39, 0.29) is 0 Å². The molecule has 0 aliphatic carbocycles. The Bertz CT molecular complexity index is 982. The molecule has 2 aliphatic heterocycles. The molecule has 0 unspecified atom stereocenters. The first-order valence-electron chi connectivity index (χ1n) is 9.62. The number of amides is 2. The Morgan fingerprint density at radius 2 is 1.59 bits per heavy atom. The van der Waals surface area contributed by atoms with Crippen LogP contribution in [0.5, 0.6) is 0 Å². The van der Waals surface area contributed by atoms with Crippen LogP contribution in [0, 0.1) is 5.82 Å². The molecule has 2 aliphatic rings. The van der Waals surface area contributed by atoms with Crippen LogP contribution < -0.4 is 4.90 Å². The van der Waals surface area contributed by atoms with E-state index in [1.54, 1.807) is 24.3 Å². The van der Waals surface area contributed by atoms with E-state index in [4.69, 9.17) is 11.6 Å². The Morgan fingerprint density at radius 1 is 0.931 bits per heavy atom. The monoisotopic (exact) mass is 413 g/mol. The Balaban J connectivity index is 1.79. The molecule has 2 aromatic carbocycles. The summed E-state index contributed by atoms with van der Waals surface area (Å²) in [6.45, 7) is 5.94. The van der Waals surface area contributed by atoms with Gasteiger partial charge in [-0.3, -0.25) is 9.59 Å². The summed E-state index contributed by atoms with van der Waals surface area (Å²) in [5.41, 5.74) is 1.52. The molecule has 29 heavy (non-hydrogen) atoms. The normalized spacial score (nSPS) is 18.2. The van der Waals surface area contributed by atoms with Gasteiger partial charge in [-0.2, -0.15) is 0 Å². The lowest BCUT2D eigenvalue weighted by molar-refractivity contribution is -0.120. The first-order valence-corrected chi connectivity index (χ1v) is 10.00.